The van der Waals surface area contributed by atoms with E-state index in [1.165, 1.54) is 27.2 Å². The zero-order valence-electron chi connectivity index (χ0n) is 13.4. The van der Waals surface area contributed by atoms with Crippen molar-refractivity contribution < 1.29 is 29.2 Å². The van der Waals surface area contributed by atoms with Crippen molar-refractivity contribution in [2.45, 2.75) is 12.8 Å². The number of nitrogens with one attached hydrogen (secondary N) is 1. The highest BCUT2D eigenvalue weighted by Gasteiger charge is 2.37. The molecule has 0 radical (unpaired) electrons. The largest absolute Gasteiger partial charge is 0.477 e. The van der Waals surface area contributed by atoms with Crippen molar-refractivity contribution in [1.29, 1.82) is 0 Å². The molecule has 2 heterocycles. The summed E-state index contributed by atoms with van der Waals surface area (Å²) in [6.45, 7) is 0. The summed E-state index contributed by atoms with van der Waals surface area (Å²) in [7, 11) is 3.88. The Morgan fingerprint density at radius 3 is 2.17 bits per heavy atom. The Morgan fingerprint density at radius 2 is 1.62 bits per heavy atom. The highest BCUT2D eigenvalue weighted by Crippen LogP contribution is 2.16. The lowest BCUT2D eigenvalue weighted by Gasteiger charge is -2.28. The van der Waals surface area contributed by atoms with Crippen LogP contribution in [-0.4, -0.2) is 56.9 Å². The van der Waals surface area contributed by atoms with Gasteiger partial charge >= 0.3 is 17.6 Å². The zero-order chi connectivity index (χ0) is 18.2. The van der Waals surface area contributed by atoms with Crippen LogP contribution >= 0.6 is 0 Å². The Hall–Kier alpha value is -3.17. The fourth-order valence-electron chi connectivity index (χ4n) is 2.28. The van der Waals surface area contributed by atoms with Gasteiger partial charge in [0.15, 0.2) is 0 Å². The highest BCUT2D eigenvalue weighted by molar-refractivity contribution is 6.28. The Labute approximate surface area is 136 Å². The van der Waals surface area contributed by atoms with Gasteiger partial charge < -0.3 is 10.2 Å². The molecule has 4 amide bonds. The monoisotopic (exact) mass is 337 g/mol. The number of carbonyl (C=O) groups is 3. The Kier molecular flexibility index (Phi) is 4.40. The first-order valence-corrected chi connectivity index (χ1v) is 7.00. The van der Waals surface area contributed by atoms with Crippen molar-refractivity contribution in [2.75, 3.05) is 14.1 Å². The standard InChI is InChI=1S/C14H16N4O6/c1-16-10(20)7(9(19)15-13(16)23)5-4-6-8-11(21)17(2)14(24)18(3)12(8)22/h6H,4-5H2,1-3H3,(H2,15,19,20,23)/p+1. The van der Waals surface area contributed by atoms with Gasteiger partial charge in [0, 0.05) is 14.1 Å². The molecular weight excluding hydrogens is 320 g/mol. The number of urea groups is 1. The van der Waals surface area contributed by atoms with Gasteiger partial charge in [-0.2, -0.15) is 9.55 Å². The molecule has 128 valence electrons. The summed E-state index contributed by atoms with van der Waals surface area (Å²) in [5.41, 5.74) is -0.855. The van der Waals surface area contributed by atoms with E-state index < -0.39 is 35.3 Å². The van der Waals surface area contributed by atoms with Crippen LogP contribution < -0.4 is 10.1 Å². The summed E-state index contributed by atoms with van der Waals surface area (Å²) >= 11 is 0. The molecule has 24 heavy (non-hydrogen) atoms. The maximum atomic E-state index is 12.0. The van der Waals surface area contributed by atoms with E-state index in [0.29, 0.717) is 0 Å². The SMILES string of the molecule is CN1C(=O)C(=CCCc2c(O)[n+](C)c(O)[nH]c2=O)C(=O)N(C)C1=O. The molecule has 0 aliphatic carbocycles. The molecule has 0 atom stereocenters. The van der Waals surface area contributed by atoms with Crippen LogP contribution in [0.4, 0.5) is 4.79 Å². The first-order valence-electron chi connectivity index (χ1n) is 7.00. The van der Waals surface area contributed by atoms with Gasteiger partial charge in [0.05, 0.1) is 7.05 Å². The minimum absolute atomic E-state index is 0.000595. The van der Waals surface area contributed by atoms with Crippen molar-refractivity contribution in [2.24, 2.45) is 7.05 Å². The van der Waals surface area contributed by atoms with Crippen LogP contribution in [0.1, 0.15) is 12.0 Å². The number of hydrogen-bond acceptors (Lipinski definition) is 6. The van der Waals surface area contributed by atoms with Crippen LogP contribution in [0.25, 0.3) is 0 Å². The molecule has 0 bridgehead atoms. The second-order valence-corrected chi connectivity index (χ2v) is 5.31. The number of aromatic nitrogens is 2. The molecular formula is C14H17N4O6+. The van der Waals surface area contributed by atoms with Crippen LogP contribution in [0.2, 0.25) is 0 Å². The van der Waals surface area contributed by atoms with E-state index >= 15 is 0 Å². The number of barbiturate groups is 1. The number of imide groups is 2. The molecule has 1 aliphatic rings. The summed E-state index contributed by atoms with van der Waals surface area (Å²) < 4.78 is 0.987. The molecule has 1 aromatic rings. The lowest BCUT2D eigenvalue weighted by atomic mass is 10.1. The number of nitrogens with zero attached hydrogens (tertiary/aromatic N) is 3. The summed E-state index contributed by atoms with van der Waals surface area (Å²) in [6, 6.07) is -1.22. The molecule has 1 aromatic heterocycles. The number of carbonyl (C=O) groups excluding carboxylic acids is 3. The van der Waals surface area contributed by atoms with E-state index in [1.807, 2.05) is 0 Å². The minimum atomic E-state index is -0.725. The Balaban J connectivity index is 2.25. The molecule has 1 fully saturated rings. The smallest absolute Gasteiger partial charge is 0.457 e. The number of amides is 4. The zero-order valence-corrected chi connectivity index (χ0v) is 13.4. The lowest BCUT2D eigenvalue weighted by Crippen LogP contribution is -2.53. The minimum Gasteiger partial charge on any atom is -0.477 e. The molecule has 0 aromatic carbocycles. The van der Waals surface area contributed by atoms with Crippen molar-refractivity contribution >= 4 is 17.8 Å². The fourth-order valence-corrected chi connectivity index (χ4v) is 2.28. The van der Waals surface area contributed by atoms with Gasteiger partial charge in [-0.1, -0.05) is 6.08 Å². The first kappa shape index (κ1) is 17.2. The quantitative estimate of drug-likeness (QED) is 0.350. The van der Waals surface area contributed by atoms with E-state index in [0.717, 1.165) is 14.4 Å². The molecule has 0 unspecified atom stereocenters. The van der Waals surface area contributed by atoms with Crippen LogP contribution in [0.3, 0.4) is 0 Å². The van der Waals surface area contributed by atoms with Crippen molar-refractivity contribution in [1.82, 2.24) is 14.8 Å². The molecule has 0 spiro atoms. The van der Waals surface area contributed by atoms with Crippen LogP contribution in [0.5, 0.6) is 11.9 Å². The van der Waals surface area contributed by atoms with Crippen LogP contribution in [0.15, 0.2) is 16.4 Å². The van der Waals surface area contributed by atoms with Gasteiger partial charge in [-0.05, 0) is 12.8 Å². The molecule has 1 saturated heterocycles. The van der Waals surface area contributed by atoms with E-state index in [1.54, 1.807) is 0 Å². The highest BCUT2D eigenvalue weighted by atomic mass is 16.3. The summed E-state index contributed by atoms with van der Waals surface area (Å²) in [5, 5.41) is 19.3. The van der Waals surface area contributed by atoms with Gasteiger partial charge in [-0.3, -0.25) is 19.4 Å². The maximum Gasteiger partial charge on any atom is 0.457 e. The number of H-pyrrole nitrogens is 1. The van der Waals surface area contributed by atoms with Crippen LogP contribution in [0, 0.1) is 0 Å². The molecule has 10 nitrogen and oxygen atoms in total. The summed E-state index contributed by atoms with van der Waals surface area (Å²) in [5.74, 6) is -1.87. The Bertz CT molecular complexity index is 799. The average Bonchev–Trinajstić information content (AvgIpc) is 2.55. The third-order valence-electron chi connectivity index (χ3n) is 3.79. The molecule has 2 rings (SSSR count). The van der Waals surface area contributed by atoms with Crippen molar-refractivity contribution in [3.05, 3.63) is 27.6 Å². The normalized spacial score (nSPS) is 15.3. The number of hydrogen-bond donors (Lipinski definition) is 3. The predicted molar refractivity (Wildman–Crippen MR) is 78.9 cm³/mol. The second-order valence-electron chi connectivity index (χ2n) is 5.31. The number of aromatic hydroxyl groups is 2. The molecule has 1 aliphatic heterocycles. The van der Waals surface area contributed by atoms with Gasteiger partial charge in [-0.15, -0.1) is 0 Å². The molecule has 0 saturated carbocycles. The number of likely N-dealkylation sites (N-methyl/N-ethyl adjacent to an activating group) is 2. The fraction of sp³-hybridized carbons (Fsp3) is 0.357. The first-order chi connectivity index (χ1) is 11.2. The third-order valence-corrected chi connectivity index (χ3v) is 3.79. The second kappa shape index (κ2) is 6.14. The van der Waals surface area contributed by atoms with E-state index in [4.69, 9.17) is 0 Å². The van der Waals surface area contributed by atoms with Crippen molar-refractivity contribution in [3.63, 3.8) is 0 Å². The average molecular weight is 337 g/mol. The third kappa shape index (κ3) is 2.73. The van der Waals surface area contributed by atoms with Gasteiger partial charge in [0.2, 0.25) is 0 Å². The number of aromatic amines is 1. The number of allylic oxidation sites excluding steroid dienone is 1. The topological polar surface area (TPSA) is 135 Å². The lowest BCUT2D eigenvalue weighted by molar-refractivity contribution is -0.687. The number of rotatable bonds is 3. The van der Waals surface area contributed by atoms with E-state index in [-0.39, 0.29) is 24.0 Å². The van der Waals surface area contributed by atoms with Gasteiger partial charge in [-0.25, -0.2) is 9.59 Å². The maximum absolute atomic E-state index is 12.0. The van der Waals surface area contributed by atoms with Gasteiger partial charge in [0.25, 0.3) is 17.7 Å². The Morgan fingerprint density at radius 1 is 1.08 bits per heavy atom. The summed E-state index contributed by atoms with van der Waals surface area (Å²) in [6.07, 6.45) is 1.45. The molecule has 10 heteroatoms. The predicted octanol–water partition coefficient (Wildman–Crippen LogP) is -1.48. The summed E-state index contributed by atoms with van der Waals surface area (Å²) in [4.78, 5) is 51.2. The van der Waals surface area contributed by atoms with Crippen LogP contribution in [-0.2, 0) is 23.1 Å². The van der Waals surface area contributed by atoms with Gasteiger partial charge in [0.1, 0.15) is 11.1 Å². The van der Waals surface area contributed by atoms with Crippen molar-refractivity contribution in [3.8, 4) is 11.9 Å². The van der Waals surface area contributed by atoms with E-state index in [9.17, 15) is 29.4 Å². The molecule has 3 N–H and O–H groups in total. The van der Waals surface area contributed by atoms with E-state index in [2.05, 4.69) is 4.98 Å².